The van der Waals surface area contributed by atoms with E-state index in [-0.39, 0.29) is 19.2 Å². The largest absolute Gasteiger partial charge is 0.468 e. The minimum atomic E-state index is -3.38. The Morgan fingerprint density at radius 1 is 1.25 bits per heavy atom. The zero-order valence-electron chi connectivity index (χ0n) is 9.30. The van der Waals surface area contributed by atoms with Crippen molar-refractivity contribution in [1.29, 1.82) is 0 Å². The maximum atomic E-state index is 10.7. The summed E-state index contributed by atoms with van der Waals surface area (Å²) in [6, 6.07) is 0. The maximum Gasteiger partial charge on any atom is 0.315 e. The van der Waals surface area contributed by atoms with Gasteiger partial charge in [-0.3, -0.25) is 8.98 Å². The third kappa shape index (κ3) is 11.8. The van der Waals surface area contributed by atoms with E-state index in [2.05, 4.69) is 8.92 Å². The molecule has 0 aromatic heterocycles. The van der Waals surface area contributed by atoms with E-state index in [1.165, 1.54) is 18.9 Å². The number of ether oxygens (including phenoxy) is 2. The average molecular weight is 272 g/mol. The lowest BCUT2D eigenvalue weighted by atomic mass is 10.7. The number of carbonyl (C=O) groups excluding carboxylic acids is 1. The number of hydrogen-bond acceptors (Lipinski definition) is 7. The van der Waals surface area contributed by atoms with E-state index < -0.39 is 10.1 Å². The van der Waals surface area contributed by atoms with Crippen molar-refractivity contribution in [3.63, 3.8) is 0 Å². The van der Waals surface area contributed by atoms with Crippen LogP contribution in [-0.2, 0) is 28.6 Å². The van der Waals surface area contributed by atoms with Crippen molar-refractivity contribution >= 4 is 27.8 Å². The van der Waals surface area contributed by atoms with Crippen LogP contribution >= 0.6 is 11.8 Å². The normalized spacial score (nSPS) is 11.4. The molecule has 96 valence electrons. The first-order valence-corrected chi connectivity index (χ1v) is 7.49. The highest BCUT2D eigenvalue weighted by Crippen LogP contribution is 1.99. The molecule has 0 aromatic carbocycles. The molecule has 0 aliphatic rings. The summed E-state index contributed by atoms with van der Waals surface area (Å²) in [4.78, 5) is 10.7. The zero-order valence-corrected chi connectivity index (χ0v) is 10.9. The van der Waals surface area contributed by atoms with Crippen molar-refractivity contribution in [2.24, 2.45) is 0 Å². The lowest BCUT2D eigenvalue weighted by Gasteiger charge is -2.03. The van der Waals surface area contributed by atoms with Gasteiger partial charge in [-0.05, 0) is 0 Å². The monoisotopic (exact) mass is 272 g/mol. The van der Waals surface area contributed by atoms with Gasteiger partial charge >= 0.3 is 5.97 Å². The number of esters is 1. The van der Waals surface area contributed by atoms with Crippen molar-refractivity contribution in [2.75, 3.05) is 44.7 Å². The van der Waals surface area contributed by atoms with Crippen LogP contribution in [0.25, 0.3) is 0 Å². The third-order valence-corrected chi connectivity index (χ3v) is 2.83. The predicted molar refractivity (Wildman–Crippen MR) is 61.0 cm³/mol. The van der Waals surface area contributed by atoms with Crippen molar-refractivity contribution in [3.05, 3.63) is 0 Å². The van der Waals surface area contributed by atoms with E-state index in [9.17, 15) is 13.2 Å². The standard InChI is InChI=1S/C8H16O6S2/c1-12-8(9)7-15-6-5-13-3-4-14-16(2,10)11/h3-7H2,1-2H3. The molecule has 0 heterocycles. The van der Waals surface area contributed by atoms with E-state index in [0.29, 0.717) is 18.1 Å². The molecule has 0 radical (unpaired) electrons. The topological polar surface area (TPSA) is 78.9 Å². The Morgan fingerprint density at radius 3 is 2.50 bits per heavy atom. The average Bonchev–Trinajstić information content (AvgIpc) is 2.20. The van der Waals surface area contributed by atoms with Crippen LogP contribution in [0.4, 0.5) is 0 Å². The Morgan fingerprint density at radius 2 is 1.94 bits per heavy atom. The van der Waals surface area contributed by atoms with E-state index in [0.717, 1.165) is 6.26 Å². The molecule has 0 N–H and O–H groups in total. The molecule has 0 spiro atoms. The summed E-state index contributed by atoms with van der Waals surface area (Å²) in [5.41, 5.74) is 0. The number of hydrogen-bond donors (Lipinski definition) is 0. The number of thioether (sulfide) groups is 1. The molecule has 0 aliphatic carbocycles. The van der Waals surface area contributed by atoms with E-state index >= 15 is 0 Å². The lowest BCUT2D eigenvalue weighted by molar-refractivity contribution is -0.137. The number of carbonyl (C=O) groups is 1. The van der Waals surface area contributed by atoms with Gasteiger partial charge in [-0.15, -0.1) is 11.8 Å². The van der Waals surface area contributed by atoms with Crippen molar-refractivity contribution in [3.8, 4) is 0 Å². The predicted octanol–water partition coefficient (Wildman–Crippen LogP) is -0.115. The molecule has 0 unspecified atom stereocenters. The fraction of sp³-hybridized carbons (Fsp3) is 0.875. The Kier molecular flexibility index (Phi) is 8.63. The van der Waals surface area contributed by atoms with Crippen molar-refractivity contribution in [2.45, 2.75) is 0 Å². The molecule has 0 rings (SSSR count). The lowest BCUT2D eigenvalue weighted by Crippen LogP contribution is -2.11. The number of methoxy groups -OCH3 is 1. The van der Waals surface area contributed by atoms with Gasteiger partial charge in [0.25, 0.3) is 10.1 Å². The molecule has 0 atom stereocenters. The minimum absolute atomic E-state index is 0.0144. The number of rotatable bonds is 9. The minimum Gasteiger partial charge on any atom is -0.468 e. The maximum absolute atomic E-state index is 10.7. The Balaban J connectivity index is 3.19. The smallest absolute Gasteiger partial charge is 0.315 e. The van der Waals surface area contributed by atoms with Gasteiger partial charge in [-0.25, -0.2) is 0 Å². The van der Waals surface area contributed by atoms with Gasteiger partial charge in [-0.2, -0.15) is 8.42 Å². The van der Waals surface area contributed by atoms with Crippen molar-refractivity contribution in [1.82, 2.24) is 0 Å². The summed E-state index contributed by atoms with van der Waals surface area (Å²) in [6.07, 6.45) is 0.985. The SMILES string of the molecule is COC(=O)CSCCOCCOS(C)(=O)=O. The fourth-order valence-corrected chi connectivity index (χ4v) is 1.71. The molecular weight excluding hydrogens is 256 g/mol. The van der Waals surface area contributed by atoms with Crippen LogP contribution in [0.5, 0.6) is 0 Å². The molecule has 8 heteroatoms. The van der Waals surface area contributed by atoms with Gasteiger partial charge in [0.15, 0.2) is 0 Å². The molecule has 0 saturated carbocycles. The van der Waals surface area contributed by atoms with Gasteiger partial charge in [0.05, 0.1) is 38.9 Å². The first-order chi connectivity index (χ1) is 7.45. The molecule has 16 heavy (non-hydrogen) atoms. The molecule has 0 aliphatic heterocycles. The quantitative estimate of drug-likeness (QED) is 0.329. The second kappa shape index (κ2) is 8.80. The van der Waals surface area contributed by atoms with Crippen molar-refractivity contribution < 1.29 is 26.9 Å². The van der Waals surface area contributed by atoms with Crippen LogP contribution in [0, 0.1) is 0 Å². The van der Waals surface area contributed by atoms with Crippen LogP contribution < -0.4 is 0 Å². The molecule has 0 saturated heterocycles. The fourth-order valence-electron chi connectivity index (χ4n) is 0.679. The summed E-state index contributed by atoms with van der Waals surface area (Å²) in [5.74, 6) is 0.665. The van der Waals surface area contributed by atoms with Gasteiger partial charge in [0.2, 0.25) is 0 Å². The Hall–Kier alpha value is -0.310. The molecule has 0 bridgehead atoms. The molecule has 0 amide bonds. The van der Waals surface area contributed by atoms with Crippen LogP contribution in [0.2, 0.25) is 0 Å². The summed E-state index contributed by atoms with van der Waals surface area (Å²) in [7, 11) is -2.05. The first-order valence-electron chi connectivity index (χ1n) is 4.52. The van der Waals surface area contributed by atoms with E-state index in [4.69, 9.17) is 4.74 Å². The van der Waals surface area contributed by atoms with Gasteiger partial charge in [-0.1, -0.05) is 0 Å². The Bertz CT molecular complexity index is 287. The van der Waals surface area contributed by atoms with Crippen LogP contribution in [0.1, 0.15) is 0 Å². The molecular formula is C8H16O6S2. The highest BCUT2D eigenvalue weighted by Gasteiger charge is 2.01. The van der Waals surface area contributed by atoms with E-state index in [1.807, 2.05) is 0 Å². The van der Waals surface area contributed by atoms with Gasteiger partial charge < -0.3 is 9.47 Å². The highest BCUT2D eigenvalue weighted by molar-refractivity contribution is 7.99. The highest BCUT2D eigenvalue weighted by atomic mass is 32.2. The van der Waals surface area contributed by atoms with Crippen LogP contribution in [-0.4, -0.2) is 59.1 Å². The zero-order chi connectivity index (χ0) is 12.4. The second-order valence-electron chi connectivity index (χ2n) is 2.77. The van der Waals surface area contributed by atoms with Crippen LogP contribution in [0.3, 0.4) is 0 Å². The molecule has 0 fully saturated rings. The van der Waals surface area contributed by atoms with E-state index in [1.54, 1.807) is 0 Å². The second-order valence-corrected chi connectivity index (χ2v) is 5.52. The summed E-state index contributed by atoms with van der Waals surface area (Å²) in [5, 5.41) is 0. The molecule has 6 nitrogen and oxygen atoms in total. The van der Waals surface area contributed by atoms with Crippen LogP contribution in [0.15, 0.2) is 0 Å². The Labute approximate surface area is 99.8 Å². The summed E-state index contributed by atoms with van der Waals surface area (Å²) >= 11 is 1.39. The third-order valence-electron chi connectivity index (χ3n) is 1.34. The first kappa shape index (κ1) is 15.7. The summed E-state index contributed by atoms with van der Waals surface area (Å²) in [6.45, 7) is 0.668. The van der Waals surface area contributed by atoms with Gasteiger partial charge in [0, 0.05) is 5.75 Å². The summed E-state index contributed by atoms with van der Waals surface area (Å²) < 4.78 is 35.1. The van der Waals surface area contributed by atoms with Gasteiger partial charge in [0.1, 0.15) is 0 Å². The molecule has 0 aromatic rings.